The van der Waals surface area contributed by atoms with Gasteiger partial charge in [0, 0.05) is 6.16 Å². The first-order chi connectivity index (χ1) is 2.41. The van der Waals surface area contributed by atoms with Crippen LogP contribution in [0, 0.1) is 0 Å². The fourth-order valence-corrected chi connectivity index (χ4v) is 0.274. The minimum atomic E-state index is 0. The minimum Gasteiger partial charge on any atom is -0.275 e. The highest BCUT2D eigenvalue weighted by Gasteiger charge is 1.68. The summed E-state index contributed by atoms with van der Waals surface area (Å²) in [6, 6.07) is 0. The molecule has 0 amide bonds. The number of hydrogen-bond donors (Lipinski definition) is 0. The maximum Gasteiger partial charge on any atom is 0.155 e. The van der Waals surface area contributed by atoms with Gasteiger partial charge in [-0.15, -0.1) is 24.8 Å². The summed E-state index contributed by atoms with van der Waals surface area (Å²) in [5, 5.41) is 0. The Hall–Kier alpha value is 0.680. The maximum absolute atomic E-state index is 9.50. The second-order valence-corrected chi connectivity index (χ2v) is 1.56. The van der Waals surface area contributed by atoms with Crippen LogP contribution in [0.3, 0.4) is 0 Å². The summed E-state index contributed by atoms with van der Waals surface area (Å²) in [6.45, 7) is 2.00. The summed E-state index contributed by atoms with van der Waals surface area (Å²) in [4.78, 5) is 0. The van der Waals surface area contributed by atoms with Crippen LogP contribution in [0.4, 0.5) is 0 Å². The van der Waals surface area contributed by atoms with E-state index < -0.39 is 0 Å². The molecule has 0 saturated carbocycles. The lowest BCUT2D eigenvalue weighted by atomic mass is 10.6. The van der Waals surface area contributed by atoms with Gasteiger partial charge in [-0.25, -0.2) is 0 Å². The summed E-state index contributed by atoms with van der Waals surface area (Å²) in [6.07, 6.45) is 1.82. The summed E-state index contributed by atoms with van der Waals surface area (Å²) >= 11 is 0. The Kier molecular flexibility index (Phi) is 35.6. The van der Waals surface area contributed by atoms with Crippen LogP contribution < -0.4 is 0 Å². The van der Waals surface area contributed by atoms with Gasteiger partial charge in [0.2, 0.25) is 0 Å². The average Bonchev–Trinajstić information content (AvgIpc) is 1.41. The Bertz CT molecular complexity index is 34.1. The van der Waals surface area contributed by atoms with Gasteiger partial charge >= 0.3 is 0 Å². The molecular weight excluding hydrogens is 154 g/mol. The first-order valence-electron chi connectivity index (χ1n) is 1.71. The van der Waals surface area contributed by atoms with Crippen LogP contribution in [0.25, 0.3) is 0 Å². The predicted octanol–water partition coefficient (Wildman–Crippen LogP) is 2.53. The minimum absolute atomic E-state index is 0. The second-order valence-electron chi connectivity index (χ2n) is 0.853. The molecule has 0 aromatic carbocycles. The molecule has 0 radical (unpaired) electrons. The Morgan fingerprint density at radius 3 is 1.86 bits per heavy atom. The van der Waals surface area contributed by atoms with Gasteiger partial charge in [0.05, 0.1) is 0 Å². The highest BCUT2D eigenvalue weighted by molar-refractivity contribution is 7.23. The summed E-state index contributed by atoms with van der Waals surface area (Å²) in [5.74, 6) is 0. The molecule has 0 aromatic heterocycles. The summed E-state index contributed by atoms with van der Waals surface area (Å²) in [5.41, 5.74) is 0. The lowest BCUT2D eigenvalue weighted by Gasteiger charge is -1.66. The molecule has 0 aromatic rings. The Morgan fingerprint density at radius 1 is 1.43 bits per heavy atom. The SMILES string of the molecule is CCCP=O.Cl.Cl. The normalized spacial score (nSPS) is 6.43. The van der Waals surface area contributed by atoms with Gasteiger partial charge in [0.1, 0.15) is 0 Å². The molecular formula is C3H9Cl2OP. The molecule has 7 heavy (non-hydrogen) atoms. The molecule has 0 fully saturated rings. The van der Waals surface area contributed by atoms with E-state index in [-0.39, 0.29) is 33.3 Å². The molecule has 0 rings (SSSR count). The molecule has 4 heteroatoms. The Balaban J connectivity index is -0.0000000800. The van der Waals surface area contributed by atoms with Crippen molar-refractivity contribution in [3.8, 4) is 0 Å². The average molecular weight is 163 g/mol. The smallest absolute Gasteiger partial charge is 0.155 e. The summed E-state index contributed by atoms with van der Waals surface area (Å²) in [7, 11) is 0.280. The van der Waals surface area contributed by atoms with Crippen LogP contribution in [0.15, 0.2) is 0 Å². The second kappa shape index (κ2) is 15.9. The Morgan fingerprint density at radius 2 is 1.86 bits per heavy atom. The number of rotatable bonds is 2. The molecule has 0 saturated heterocycles. The molecule has 0 unspecified atom stereocenters. The van der Waals surface area contributed by atoms with E-state index in [1.54, 1.807) is 0 Å². The summed E-state index contributed by atoms with van der Waals surface area (Å²) < 4.78 is 9.50. The quantitative estimate of drug-likeness (QED) is 0.571. The van der Waals surface area contributed by atoms with E-state index >= 15 is 0 Å². The third kappa shape index (κ3) is 20.4. The zero-order valence-electron chi connectivity index (χ0n) is 4.09. The van der Waals surface area contributed by atoms with Crippen molar-refractivity contribution in [3.05, 3.63) is 0 Å². The lowest BCUT2D eigenvalue weighted by molar-refractivity contribution is 0.598. The topological polar surface area (TPSA) is 17.1 Å². The molecule has 0 aliphatic rings. The van der Waals surface area contributed by atoms with E-state index in [1.807, 2.05) is 6.92 Å². The zero-order valence-corrected chi connectivity index (χ0v) is 6.61. The molecule has 0 aliphatic carbocycles. The standard InChI is InChI=1S/C3H7OP.2ClH/c1-2-3-5-4;;/h2-3H2,1H3;2*1H. The van der Waals surface area contributed by atoms with Crippen molar-refractivity contribution in [2.75, 3.05) is 6.16 Å². The third-order valence-corrected chi connectivity index (χ3v) is 0.945. The van der Waals surface area contributed by atoms with Gasteiger partial charge < -0.3 is 0 Å². The molecule has 0 atom stereocenters. The van der Waals surface area contributed by atoms with E-state index in [9.17, 15) is 4.57 Å². The monoisotopic (exact) mass is 162 g/mol. The molecule has 46 valence electrons. The van der Waals surface area contributed by atoms with E-state index in [0.29, 0.717) is 0 Å². The lowest BCUT2D eigenvalue weighted by Crippen LogP contribution is -1.57. The van der Waals surface area contributed by atoms with Gasteiger partial charge in [-0.1, -0.05) is 6.92 Å². The molecule has 1 nitrogen and oxygen atoms in total. The van der Waals surface area contributed by atoms with Gasteiger partial charge in [-0.05, 0) is 6.42 Å². The Labute approximate surface area is 57.9 Å². The third-order valence-electron chi connectivity index (χ3n) is 0.315. The largest absolute Gasteiger partial charge is 0.275 e. The van der Waals surface area contributed by atoms with Crippen molar-refractivity contribution in [1.82, 2.24) is 0 Å². The molecule has 0 heterocycles. The zero-order chi connectivity index (χ0) is 4.12. The molecule has 0 N–H and O–H groups in total. The molecule has 0 aliphatic heterocycles. The van der Waals surface area contributed by atoms with E-state index in [1.165, 1.54) is 0 Å². The van der Waals surface area contributed by atoms with Gasteiger partial charge in [0.15, 0.2) is 8.46 Å². The van der Waals surface area contributed by atoms with Crippen molar-refractivity contribution < 1.29 is 4.57 Å². The van der Waals surface area contributed by atoms with Gasteiger partial charge in [-0.2, -0.15) is 0 Å². The van der Waals surface area contributed by atoms with Crippen molar-refractivity contribution >= 4 is 33.3 Å². The number of hydrogen-bond acceptors (Lipinski definition) is 1. The van der Waals surface area contributed by atoms with Crippen LogP contribution in [0.2, 0.25) is 0 Å². The maximum atomic E-state index is 9.50. The van der Waals surface area contributed by atoms with Crippen LogP contribution in [-0.2, 0) is 4.57 Å². The number of halogens is 2. The fourth-order valence-electron chi connectivity index (χ4n) is 0.0913. The van der Waals surface area contributed by atoms with Crippen molar-refractivity contribution in [2.24, 2.45) is 0 Å². The molecule has 0 spiro atoms. The van der Waals surface area contributed by atoms with Crippen LogP contribution in [-0.4, -0.2) is 6.16 Å². The van der Waals surface area contributed by atoms with Crippen LogP contribution in [0.5, 0.6) is 0 Å². The van der Waals surface area contributed by atoms with Crippen LogP contribution in [0.1, 0.15) is 13.3 Å². The predicted molar refractivity (Wildman–Crippen MR) is 37.3 cm³/mol. The van der Waals surface area contributed by atoms with E-state index in [2.05, 4.69) is 0 Å². The van der Waals surface area contributed by atoms with Gasteiger partial charge in [-0.3, -0.25) is 4.57 Å². The highest BCUT2D eigenvalue weighted by Crippen LogP contribution is 1.90. The van der Waals surface area contributed by atoms with E-state index in [0.717, 1.165) is 12.6 Å². The van der Waals surface area contributed by atoms with Crippen molar-refractivity contribution in [3.63, 3.8) is 0 Å². The van der Waals surface area contributed by atoms with Gasteiger partial charge in [0.25, 0.3) is 0 Å². The fraction of sp³-hybridized carbons (Fsp3) is 1.00. The first kappa shape index (κ1) is 15.6. The first-order valence-corrected chi connectivity index (χ1v) is 2.70. The highest BCUT2D eigenvalue weighted by atomic mass is 35.5. The van der Waals surface area contributed by atoms with Crippen molar-refractivity contribution in [2.45, 2.75) is 13.3 Å². The van der Waals surface area contributed by atoms with Crippen LogP contribution >= 0.6 is 33.3 Å². The molecule has 0 bridgehead atoms. The van der Waals surface area contributed by atoms with Crippen molar-refractivity contribution in [1.29, 1.82) is 0 Å². The van der Waals surface area contributed by atoms with E-state index in [4.69, 9.17) is 0 Å².